The summed E-state index contributed by atoms with van der Waals surface area (Å²) in [5.41, 5.74) is 14.1. The number of benzene rings is 2. The smallest absolute Gasteiger partial charge is 0.333 e. The van der Waals surface area contributed by atoms with Gasteiger partial charge >= 0.3 is 5.97 Å². The fraction of sp³-hybridized carbons (Fsp3) is 0.300. The van der Waals surface area contributed by atoms with Crippen LogP contribution in [0.15, 0.2) is 42.5 Å². The van der Waals surface area contributed by atoms with Crippen LogP contribution in [0.2, 0.25) is 0 Å². The summed E-state index contributed by atoms with van der Waals surface area (Å²) in [6.07, 6.45) is 0.825. The van der Waals surface area contributed by atoms with Crippen molar-refractivity contribution in [1.29, 1.82) is 5.41 Å². The third kappa shape index (κ3) is 7.91. The molecule has 0 aliphatic heterocycles. The van der Waals surface area contributed by atoms with Crippen LogP contribution < -0.4 is 21.5 Å². The van der Waals surface area contributed by atoms with E-state index in [9.17, 15) is 4.79 Å². The molecule has 1 unspecified atom stereocenters. The first-order valence-electron chi connectivity index (χ1n) is 8.74. The summed E-state index contributed by atoms with van der Waals surface area (Å²) in [7, 11) is 1.35. The van der Waals surface area contributed by atoms with Gasteiger partial charge in [0.05, 0.1) is 7.11 Å². The number of ether oxygens (including phenoxy) is 2. The van der Waals surface area contributed by atoms with Gasteiger partial charge < -0.3 is 26.3 Å². The maximum Gasteiger partial charge on any atom is 0.333 e. The van der Waals surface area contributed by atoms with Gasteiger partial charge in [-0.25, -0.2) is 4.79 Å². The average molecular weight is 480 g/mol. The molecule has 30 heavy (non-hydrogen) atoms. The summed E-state index contributed by atoms with van der Waals surface area (Å²) in [5.74, 6) is 0.136. The molecule has 2 aromatic rings. The van der Waals surface area contributed by atoms with Crippen molar-refractivity contribution >= 4 is 54.7 Å². The van der Waals surface area contributed by atoms with E-state index in [0.29, 0.717) is 35.7 Å². The van der Waals surface area contributed by atoms with Crippen molar-refractivity contribution in [1.82, 2.24) is 0 Å². The van der Waals surface area contributed by atoms with E-state index >= 15 is 0 Å². The Morgan fingerprint density at radius 1 is 1.13 bits per heavy atom. The van der Waals surface area contributed by atoms with Crippen molar-refractivity contribution in [2.75, 3.05) is 25.6 Å². The summed E-state index contributed by atoms with van der Waals surface area (Å²) in [4.78, 5) is 12.5. The Morgan fingerprint density at radius 2 is 1.77 bits per heavy atom. The molecule has 0 aliphatic rings. The monoisotopic (exact) mass is 478 g/mol. The molecule has 2 rings (SSSR count). The fourth-order valence-electron chi connectivity index (χ4n) is 2.64. The summed E-state index contributed by atoms with van der Waals surface area (Å²) >= 11 is 0. The Balaban J connectivity index is 0. The third-order valence-corrected chi connectivity index (χ3v) is 4.11. The summed E-state index contributed by atoms with van der Waals surface area (Å²) in [6.45, 7) is 2.76. The molecule has 2 aromatic carbocycles. The molecule has 0 spiro atoms. The Kier molecular flexibility index (Phi) is 14.7. The number of aryl methyl sites for hydroxylation is 1. The van der Waals surface area contributed by atoms with Crippen LogP contribution >= 0.6 is 37.2 Å². The normalized spacial score (nSPS) is 10.4. The van der Waals surface area contributed by atoms with Gasteiger partial charge in [0.25, 0.3) is 0 Å². The second-order valence-electron chi connectivity index (χ2n) is 5.95. The van der Waals surface area contributed by atoms with E-state index in [1.807, 2.05) is 25.1 Å². The number of amidine groups is 1. The van der Waals surface area contributed by atoms with Gasteiger partial charge in [0.15, 0.2) is 6.04 Å². The van der Waals surface area contributed by atoms with Gasteiger partial charge in [0.1, 0.15) is 18.2 Å². The Labute approximate surface area is 195 Å². The van der Waals surface area contributed by atoms with Gasteiger partial charge in [-0.3, -0.25) is 5.41 Å². The van der Waals surface area contributed by atoms with Crippen LogP contribution in [0, 0.1) is 5.41 Å². The maximum atomic E-state index is 12.5. The summed E-state index contributed by atoms with van der Waals surface area (Å²) in [6, 6.07) is 11.9. The van der Waals surface area contributed by atoms with E-state index in [1.54, 1.807) is 24.3 Å². The Morgan fingerprint density at radius 3 is 2.27 bits per heavy atom. The number of anilines is 1. The highest BCUT2D eigenvalue weighted by Gasteiger charge is 2.25. The van der Waals surface area contributed by atoms with Crippen LogP contribution in [0.3, 0.4) is 0 Å². The molecule has 0 radical (unpaired) electrons. The van der Waals surface area contributed by atoms with Crippen LogP contribution in [-0.2, 0) is 16.0 Å². The number of methoxy groups -OCH3 is 1. The van der Waals surface area contributed by atoms with Gasteiger partial charge in [-0.15, -0.1) is 37.2 Å². The fourth-order valence-corrected chi connectivity index (χ4v) is 2.64. The predicted molar refractivity (Wildman–Crippen MR) is 128 cm³/mol. The standard InChI is InChI=1S/C20H26N4O3.3ClH/c1-3-13-4-9-17(27-11-10-21)16(12-13)18(20(25)26-2)24-15-7-5-14(6-8-15)19(22)23;;;/h4-9,12,18,24H,3,10-11,21H2,1-2H3,(H3,22,23);3*1H. The molecule has 7 nitrogen and oxygen atoms in total. The predicted octanol–water partition coefficient (Wildman–Crippen LogP) is 3.46. The zero-order valence-electron chi connectivity index (χ0n) is 16.8. The maximum absolute atomic E-state index is 12.5. The number of nitrogen functional groups attached to an aromatic ring is 1. The highest BCUT2D eigenvalue weighted by atomic mass is 35.5. The van der Waals surface area contributed by atoms with E-state index in [0.717, 1.165) is 12.0 Å². The van der Waals surface area contributed by atoms with E-state index in [-0.39, 0.29) is 43.1 Å². The lowest BCUT2D eigenvalue weighted by Gasteiger charge is -2.22. The largest absolute Gasteiger partial charge is 0.492 e. The molecule has 0 fully saturated rings. The van der Waals surface area contributed by atoms with Crippen molar-refractivity contribution in [3.63, 3.8) is 0 Å². The molecule has 0 heterocycles. The van der Waals surface area contributed by atoms with E-state index in [4.69, 9.17) is 26.4 Å². The average Bonchev–Trinajstić information content (AvgIpc) is 2.70. The minimum Gasteiger partial charge on any atom is -0.492 e. The number of nitrogens with two attached hydrogens (primary N) is 2. The summed E-state index contributed by atoms with van der Waals surface area (Å²) in [5, 5.41) is 10.7. The minimum atomic E-state index is -0.752. The quantitative estimate of drug-likeness (QED) is 0.248. The molecule has 0 amide bonds. The van der Waals surface area contributed by atoms with Gasteiger partial charge in [-0.1, -0.05) is 13.0 Å². The number of hydrogen-bond acceptors (Lipinski definition) is 6. The first-order valence-corrected chi connectivity index (χ1v) is 8.74. The Bertz CT molecular complexity index is 804. The molecule has 168 valence electrons. The van der Waals surface area contributed by atoms with E-state index in [1.165, 1.54) is 7.11 Å². The first kappa shape index (κ1) is 30.0. The lowest BCUT2D eigenvalue weighted by molar-refractivity contribution is -0.141. The number of esters is 1. The molecule has 0 bridgehead atoms. The van der Waals surface area contributed by atoms with Crippen LogP contribution in [0.1, 0.15) is 29.7 Å². The van der Waals surface area contributed by atoms with Crippen molar-refractivity contribution in [3.8, 4) is 5.75 Å². The van der Waals surface area contributed by atoms with Crippen LogP contribution in [-0.4, -0.2) is 32.1 Å². The van der Waals surface area contributed by atoms with Gasteiger partial charge in [-0.2, -0.15) is 0 Å². The first-order chi connectivity index (χ1) is 13.0. The van der Waals surface area contributed by atoms with Gasteiger partial charge in [0.2, 0.25) is 0 Å². The zero-order chi connectivity index (χ0) is 19.8. The van der Waals surface area contributed by atoms with Crippen LogP contribution in [0.25, 0.3) is 0 Å². The molecular formula is C20H29Cl3N4O3. The van der Waals surface area contributed by atoms with Gasteiger partial charge in [0, 0.05) is 23.4 Å². The van der Waals surface area contributed by atoms with Crippen LogP contribution in [0.4, 0.5) is 5.69 Å². The lowest BCUT2D eigenvalue weighted by atomic mass is 10.0. The second kappa shape index (κ2) is 14.7. The molecule has 0 saturated carbocycles. The third-order valence-electron chi connectivity index (χ3n) is 4.11. The number of rotatable bonds is 9. The zero-order valence-corrected chi connectivity index (χ0v) is 19.3. The molecule has 1 atom stereocenters. The second-order valence-corrected chi connectivity index (χ2v) is 5.95. The number of carbonyl (C=O) groups excluding carboxylic acids is 1. The Hall–Kier alpha value is -2.19. The highest BCUT2D eigenvalue weighted by molar-refractivity contribution is 5.95. The highest BCUT2D eigenvalue weighted by Crippen LogP contribution is 2.30. The lowest BCUT2D eigenvalue weighted by Crippen LogP contribution is -2.24. The molecular weight excluding hydrogens is 451 g/mol. The molecule has 0 aliphatic carbocycles. The van der Waals surface area contributed by atoms with Crippen molar-refractivity contribution in [2.45, 2.75) is 19.4 Å². The summed E-state index contributed by atoms with van der Waals surface area (Å²) < 4.78 is 10.7. The molecule has 0 aromatic heterocycles. The van der Waals surface area contributed by atoms with Crippen molar-refractivity contribution in [2.24, 2.45) is 11.5 Å². The number of nitrogens with one attached hydrogen (secondary N) is 2. The molecule has 0 saturated heterocycles. The van der Waals surface area contributed by atoms with Crippen molar-refractivity contribution < 1.29 is 14.3 Å². The van der Waals surface area contributed by atoms with Crippen molar-refractivity contribution in [3.05, 3.63) is 59.2 Å². The van der Waals surface area contributed by atoms with E-state index in [2.05, 4.69) is 5.32 Å². The topological polar surface area (TPSA) is 123 Å². The number of halogens is 3. The number of carbonyl (C=O) groups is 1. The van der Waals surface area contributed by atoms with Crippen LogP contribution in [0.5, 0.6) is 5.75 Å². The van der Waals surface area contributed by atoms with E-state index < -0.39 is 12.0 Å². The van der Waals surface area contributed by atoms with Gasteiger partial charge in [-0.05, 0) is 48.4 Å². The molecule has 10 heteroatoms. The SMILES string of the molecule is CCc1ccc(OCCN)c(C(Nc2ccc(C(=N)N)cc2)C(=O)OC)c1.Cl.Cl.Cl. The molecule has 6 N–H and O–H groups in total. The minimum absolute atomic E-state index is 0. The number of hydrogen-bond donors (Lipinski definition) is 4.